The van der Waals surface area contributed by atoms with E-state index in [4.69, 9.17) is 13.6 Å². The van der Waals surface area contributed by atoms with E-state index in [1.807, 2.05) is 26.0 Å². The van der Waals surface area contributed by atoms with Crippen molar-refractivity contribution in [1.82, 2.24) is 0 Å². The van der Waals surface area contributed by atoms with Gasteiger partial charge < -0.3 is 13.6 Å². The molecule has 0 unspecified atom stereocenters. The molecule has 6 heteroatoms. The first-order valence-corrected chi connectivity index (χ1v) is 11.0. The average molecular weight is 441 g/mol. The second-order valence-corrected chi connectivity index (χ2v) is 8.31. The number of hydrogen-bond donors (Lipinski definition) is 0. The fourth-order valence-corrected chi connectivity index (χ4v) is 3.93. The van der Waals surface area contributed by atoms with Gasteiger partial charge in [-0.3, -0.25) is 9.59 Å². The lowest BCUT2D eigenvalue weighted by molar-refractivity contribution is 0.505. The Morgan fingerprint density at radius 3 is 2.36 bits per heavy atom. The highest BCUT2D eigenvalue weighted by Crippen LogP contribution is 2.32. The Kier molecular flexibility index (Phi) is 5.21. The van der Waals surface area contributed by atoms with Crippen LogP contribution in [-0.2, 0) is 4.74 Å². The molecule has 3 heterocycles. The van der Waals surface area contributed by atoms with E-state index in [-0.39, 0.29) is 33.6 Å². The molecule has 0 spiro atoms. The number of rotatable bonds is 4. The molecular formula is C27H23NO5. The van der Waals surface area contributed by atoms with Crippen LogP contribution in [0, 0.1) is 13.8 Å². The third kappa shape index (κ3) is 3.67. The summed E-state index contributed by atoms with van der Waals surface area (Å²) in [5, 5.41) is 0.930. The minimum atomic E-state index is -0.220. The van der Waals surface area contributed by atoms with E-state index in [1.54, 1.807) is 24.3 Å². The van der Waals surface area contributed by atoms with E-state index in [2.05, 4.69) is 11.9 Å². The van der Waals surface area contributed by atoms with E-state index < -0.39 is 0 Å². The highest BCUT2D eigenvalue weighted by Gasteiger charge is 2.32. The van der Waals surface area contributed by atoms with Crippen molar-refractivity contribution in [2.45, 2.75) is 33.6 Å². The van der Waals surface area contributed by atoms with Crippen molar-refractivity contribution in [3.8, 4) is 0 Å². The van der Waals surface area contributed by atoms with Crippen molar-refractivity contribution in [3.05, 3.63) is 91.1 Å². The Balaban J connectivity index is 1.73. The summed E-state index contributed by atoms with van der Waals surface area (Å²) in [6.07, 6.45) is 4.78. The molecule has 0 amide bonds. The van der Waals surface area contributed by atoms with Gasteiger partial charge in [-0.2, -0.15) is 0 Å². The van der Waals surface area contributed by atoms with Crippen LogP contribution in [0.5, 0.6) is 0 Å². The first-order valence-electron chi connectivity index (χ1n) is 11.0. The van der Waals surface area contributed by atoms with Crippen molar-refractivity contribution in [1.29, 1.82) is 0 Å². The zero-order valence-electron chi connectivity index (χ0n) is 18.7. The molecule has 33 heavy (non-hydrogen) atoms. The standard InChI is InChI=1S/C27H23NO5/c1-4-5-10-28-27-26-23(25(30)19-12-16(3)7-9-21(19)32-26)22(33-27)13-17-14-31-20-8-6-15(2)11-18(20)24(17)29/h6-9,11-14H,4-5,10H2,1-3H3/b22-13-,28-27?. The summed E-state index contributed by atoms with van der Waals surface area (Å²) in [5.41, 5.74) is 3.01. The number of nitrogens with zero attached hydrogens (tertiary/aromatic N) is 1. The molecule has 0 atom stereocenters. The summed E-state index contributed by atoms with van der Waals surface area (Å²) in [5.74, 6) is 0.779. The van der Waals surface area contributed by atoms with Gasteiger partial charge in [0.05, 0.1) is 16.3 Å². The van der Waals surface area contributed by atoms with Crippen LogP contribution in [-0.4, -0.2) is 12.4 Å². The Hall–Kier alpha value is -3.93. The summed E-state index contributed by atoms with van der Waals surface area (Å²) in [7, 11) is 0. The molecule has 2 aromatic carbocycles. The fraction of sp³-hybridized carbons (Fsp3) is 0.222. The number of aliphatic imine (C=N–C) groups is 1. The van der Waals surface area contributed by atoms with Gasteiger partial charge in [-0.25, -0.2) is 4.99 Å². The van der Waals surface area contributed by atoms with Crippen molar-refractivity contribution >= 4 is 39.7 Å². The maximum Gasteiger partial charge on any atom is 0.259 e. The molecule has 0 saturated carbocycles. The lowest BCUT2D eigenvalue weighted by atomic mass is 10.1. The smallest absolute Gasteiger partial charge is 0.259 e. The molecule has 166 valence electrons. The SMILES string of the molecule is CCCCN=C1O/C(=C\c2coc3ccc(C)cc3c2=O)c2c1oc1ccc(C)cc1c2=O. The second kappa shape index (κ2) is 8.20. The molecule has 2 aromatic heterocycles. The monoisotopic (exact) mass is 441 g/mol. The lowest BCUT2D eigenvalue weighted by Gasteiger charge is -2.03. The van der Waals surface area contributed by atoms with Crippen LogP contribution >= 0.6 is 0 Å². The maximum atomic E-state index is 13.5. The molecular weight excluding hydrogens is 418 g/mol. The molecule has 0 fully saturated rings. The molecule has 0 saturated heterocycles. The number of benzene rings is 2. The highest BCUT2D eigenvalue weighted by atomic mass is 16.5. The predicted molar refractivity (Wildman–Crippen MR) is 130 cm³/mol. The van der Waals surface area contributed by atoms with E-state index in [0.717, 1.165) is 24.0 Å². The van der Waals surface area contributed by atoms with E-state index in [0.29, 0.717) is 34.2 Å². The van der Waals surface area contributed by atoms with Crippen LogP contribution in [0.3, 0.4) is 0 Å². The van der Waals surface area contributed by atoms with Gasteiger partial charge >= 0.3 is 0 Å². The lowest BCUT2D eigenvalue weighted by Crippen LogP contribution is -2.10. The third-order valence-electron chi connectivity index (χ3n) is 5.70. The van der Waals surface area contributed by atoms with Crippen LogP contribution in [0.2, 0.25) is 0 Å². The Morgan fingerprint density at radius 1 is 0.939 bits per heavy atom. The first kappa shape index (κ1) is 20.9. The van der Waals surface area contributed by atoms with Gasteiger partial charge in [0, 0.05) is 6.54 Å². The van der Waals surface area contributed by atoms with Gasteiger partial charge in [0.15, 0.2) is 5.43 Å². The summed E-state index contributed by atoms with van der Waals surface area (Å²) < 4.78 is 17.7. The van der Waals surface area contributed by atoms with Crippen molar-refractivity contribution < 1.29 is 13.6 Å². The minimum absolute atomic E-state index is 0.199. The molecule has 6 nitrogen and oxygen atoms in total. The maximum absolute atomic E-state index is 13.5. The third-order valence-corrected chi connectivity index (χ3v) is 5.70. The summed E-state index contributed by atoms with van der Waals surface area (Å²) in [4.78, 5) is 31.1. The predicted octanol–water partition coefficient (Wildman–Crippen LogP) is 5.59. The summed E-state index contributed by atoms with van der Waals surface area (Å²) in [6.45, 7) is 6.45. The molecule has 4 aromatic rings. The minimum Gasteiger partial charge on any atom is -0.463 e. The average Bonchev–Trinajstić information content (AvgIpc) is 3.14. The largest absolute Gasteiger partial charge is 0.463 e. The normalized spacial score (nSPS) is 15.5. The van der Waals surface area contributed by atoms with Gasteiger partial charge in [-0.15, -0.1) is 0 Å². The first-order chi connectivity index (χ1) is 16.0. The highest BCUT2D eigenvalue weighted by molar-refractivity contribution is 6.08. The number of ether oxygens (including phenoxy) is 1. The number of unbranched alkanes of at least 4 members (excludes halogenated alkanes) is 1. The van der Waals surface area contributed by atoms with Crippen LogP contribution in [0.15, 0.2) is 66.1 Å². The van der Waals surface area contributed by atoms with E-state index in [1.165, 1.54) is 12.3 Å². The van der Waals surface area contributed by atoms with Gasteiger partial charge in [0.2, 0.25) is 11.2 Å². The quantitative estimate of drug-likeness (QED) is 0.386. The zero-order chi connectivity index (χ0) is 23.1. The van der Waals surface area contributed by atoms with Crippen LogP contribution in [0.25, 0.3) is 33.8 Å². The molecule has 0 radical (unpaired) electrons. The van der Waals surface area contributed by atoms with Crippen LogP contribution in [0.4, 0.5) is 0 Å². The summed E-state index contributed by atoms with van der Waals surface area (Å²) >= 11 is 0. The molecule has 1 aliphatic rings. The molecule has 0 bridgehead atoms. The number of hydrogen-bond acceptors (Lipinski definition) is 6. The van der Waals surface area contributed by atoms with E-state index in [9.17, 15) is 9.59 Å². The molecule has 1 aliphatic heterocycles. The molecule has 0 aliphatic carbocycles. The Bertz CT molecular complexity index is 1590. The molecule has 5 rings (SSSR count). The Labute approximate surface area is 189 Å². The number of aryl methyl sites for hydroxylation is 2. The van der Waals surface area contributed by atoms with Gasteiger partial charge in [-0.1, -0.05) is 36.6 Å². The topological polar surface area (TPSA) is 82.0 Å². The van der Waals surface area contributed by atoms with Crippen LogP contribution in [0.1, 0.15) is 47.8 Å². The second-order valence-electron chi connectivity index (χ2n) is 8.31. The number of fused-ring (bicyclic) bond motifs is 3. The van der Waals surface area contributed by atoms with Gasteiger partial charge in [0.1, 0.15) is 28.8 Å². The molecule has 0 N–H and O–H groups in total. The van der Waals surface area contributed by atoms with Crippen molar-refractivity contribution in [2.75, 3.05) is 6.54 Å². The zero-order valence-corrected chi connectivity index (χ0v) is 18.7. The summed E-state index contributed by atoms with van der Waals surface area (Å²) in [6, 6.07) is 10.9. The van der Waals surface area contributed by atoms with Crippen LogP contribution < -0.4 is 10.9 Å². The van der Waals surface area contributed by atoms with Crippen molar-refractivity contribution in [3.63, 3.8) is 0 Å². The fourth-order valence-electron chi connectivity index (χ4n) is 3.93. The van der Waals surface area contributed by atoms with E-state index >= 15 is 0 Å². The van der Waals surface area contributed by atoms with Gasteiger partial charge in [-0.05, 0) is 50.6 Å². The van der Waals surface area contributed by atoms with Crippen molar-refractivity contribution in [2.24, 2.45) is 4.99 Å². The Morgan fingerprint density at radius 2 is 1.64 bits per heavy atom. The van der Waals surface area contributed by atoms with Gasteiger partial charge in [0.25, 0.3) is 5.90 Å².